The van der Waals surface area contributed by atoms with Gasteiger partial charge in [-0.1, -0.05) is 12.1 Å². The number of esters is 1. The number of fused-ring (bicyclic) bond motifs is 1. The lowest BCUT2D eigenvalue weighted by molar-refractivity contribution is -0.384. The van der Waals surface area contributed by atoms with E-state index >= 15 is 0 Å². The zero-order valence-electron chi connectivity index (χ0n) is 15.8. The molecule has 0 saturated heterocycles. The molecule has 4 rings (SSSR count). The molecule has 10 heteroatoms. The highest BCUT2D eigenvalue weighted by Crippen LogP contribution is 2.24. The van der Waals surface area contributed by atoms with Gasteiger partial charge in [0.2, 0.25) is 5.89 Å². The van der Waals surface area contributed by atoms with Gasteiger partial charge in [0.25, 0.3) is 11.6 Å². The minimum absolute atomic E-state index is 0.0419. The minimum Gasteiger partial charge on any atom is -0.453 e. The maximum absolute atomic E-state index is 12.1. The molecular formula is C20H16N4O6. The number of para-hydroxylation sites is 2. The lowest BCUT2D eigenvalue weighted by atomic mass is 10.2. The summed E-state index contributed by atoms with van der Waals surface area (Å²) in [5, 5.41) is 18.5. The van der Waals surface area contributed by atoms with Crippen molar-refractivity contribution in [1.82, 2.24) is 15.2 Å². The third-order valence-electron chi connectivity index (χ3n) is 4.30. The van der Waals surface area contributed by atoms with Gasteiger partial charge in [-0.2, -0.15) is 0 Å². The number of oxazole rings is 1. The van der Waals surface area contributed by atoms with Crippen LogP contribution in [0.2, 0.25) is 0 Å². The molecular weight excluding hydrogens is 392 g/mol. The van der Waals surface area contributed by atoms with E-state index in [2.05, 4.69) is 15.2 Å². The summed E-state index contributed by atoms with van der Waals surface area (Å²) < 4.78 is 16.5. The largest absolute Gasteiger partial charge is 0.453 e. The molecule has 10 nitrogen and oxygen atoms in total. The molecule has 0 aliphatic carbocycles. The van der Waals surface area contributed by atoms with E-state index in [1.54, 1.807) is 6.92 Å². The number of aromatic nitrogens is 3. The number of rotatable bonds is 7. The Morgan fingerprint density at radius 1 is 1.13 bits per heavy atom. The van der Waals surface area contributed by atoms with Gasteiger partial charge in [0.1, 0.15) is 5.52 Å². The summed E-state index contributed by atoms with van der Waals surface area (Å²) in [5.41, 5.74) is 1.88. The summed E-state index contributed by atoms with van der Waals surface area (Å²) >= 11 is 0. The van der Waals surface area contributed by atoms with E-state index in [0.717, 1.165) is 5.52 Å². The van der Waals surface area contributed by atoms with Gasteiger partial charge in [0.15, 0.2) is 17.6 Å². The van der Waals surface area contributed by atoms with Crippen molar-refractivity contribution < 1.29 is 23.3 Å². The zero-order valence-corrected chi connectivity index (χ0v) is 15.8. The highest BCUT2D eigenvalue weighted by Gasteiger charge is 2.20. The fourth-order valence-electron chi connectivity index (χ4n) is 2.78. The van der Waals surface area contributed by atoms with Gasteiger partial charge in [-0.05, 0) is 31.2 Å². The molecule has 2 heterocycles. The SMILES string of the molecule is C[C@H](OC(=O)CCc1nc2ccccc2o1)c1nnc(-c2ccc([N+](=O)[O-])cc2)o1. The fraction of sp³-hybridized carbons (Fsp3) is 0.200. The predicted octanol–water partition coefficient (Wildman–Crippen LogP) is 4.02. The van der Waals surface area contributed by atoms with Crippen LogP contribution in [0.3, 0.4) is 0 Å². The molecule has 1 atom stereocenters. The van der Waals surface area contributed by atoms with Crippen LogP contribution in [-0.4, -0.2) is 26.1 Å². The molecule has 0 aliphatic rings. The summed E-state index contributed by atoms with van der Waals surface area (Å²) in [5.74, 6) is 0.298. The Morgan fingerprint density at radius 2 is 1.90 bits per heavy atom. The van der Waals surface area contributed by atoms with Crippen LogP contribution in [0.1, 0.15) is 31.2 Å². The van der Waals surface area contributed by atoms with Crippen LogP contribution in [0.5, 0.6) is 0 Å². The topological polar surface area (TPSA) is 134 Å². The fourth-order valence-corrected chi connectivity index (χ4v) is 2.78. The number of non-ortho nitro benzene ring substituents is 1. The Bertz CT molecular complexity index is 1160. The van der Waals surface area contributed by atoms with Crippen molar-refractivity contribution in [3.63, 3.8) is 0 Å². The van der Waals surface area contributed by atoms with Crippen molar-refractivity contribution in [1.29, 1.82) is 0 Å². The van der Waals surface area contributed by atoms with Crippen LogP contribution in [-0.2, 0) is 16.0 Å². The van der Waals surface area contributed by atoms with Crippen LogP contribution in [0, 0.1) is 10.1 Å². The smallest absolute Gasteiger partial charge is 0.307 e. The molecule has 0 spiro atoms. The maximum atomic E-state index is 12.1. The van der Waals surface area contributed by atoms with Gasteiger partial charge in [0, 0.05) is 24.1 Å². The number of aryl methyl sites for hydroxylation is 1. The van der Waals surface area contributed by atoms with E-state index in [4.69, 9.17) is 13.6 Å². The highest BCUT2D eigenvalue weighted by molar-refractivity contribution is 5.73. The number of hydrogen-bond acceptors (Lipinski definition) is 9. The third-order valence-corrected chi connectivity index (χ3v) is 4.30. The molecule has 0 radical (unpaired) electrons. The van der Waals surface area contributed by atoms with Crippen molar-refractivity contribution in [2.45, 2.75) is 25.9 Å². The number of benzene rings is 2. The van der Waals surface area contributed by atoms with Crippen LogP contribution >= 0.6 is 0 Å². The quantitative estimate of drug-likeness (QED) is 0.252. The molecule has 4 aromatic rings. The summed E-state index contributed by atoms with van der Waals surface area (Å²) in [4.78, 5) is 26.7. The second-order valence-electron chi connectivity index (χ2n) is 6.46. The first-order chi connectivity index (χ1) is 14.5. The van der Waals surface area contributed by atoms with Gasteiger partial charge in [-0.25, -0.2) is 4.98 Å². The molecule has 0 fully saturated rings. The Morgan fingerprint density at radius 3 is 2.63 bits per heavy atom. The average Bonchev–Trinajstić information content (AvgIpc) is 3.39. The number of nitrogens with zero attached hydrogens (tertiary/aromatic N) is 4. The summed E-state index contributed by atoms with van der Waals surface area (Å²) in [6.45, 7) is 1.62. The van der Waals surface area contributed by atoms with Crippen molar-refractivity contribution in [3.05, 3.63) is 70.4 Å². The lowest BCUT2D eigenvalue weighted by Gasteiger charge is -2.08. The number of nitro groups is 1. The van der Waals surface area contributed by atoms with E-state index in [9.17, 15) is 14.9 Å². The van der Waals surface area contributed by atoms with Gasteiger partial charge >= 0.3 is 5.97 Å². The van der Waals surface area contributed by atoms with Gasteiger partial charge in [-0.15, -0.1) is 10.2 Å². The molecule has 0 aliphatic heterocycles. The first-order valence-electron chi connectivity index (χ1n) is 9.12. The standard InChI is InChI=1S/C20H16N4O6/c1-12(19-22-23-20(30-19)13-6-8-14(9-7-13)24(26)27)28-18(25)11-10-17-21-15-4-2-3-5-16(15)29-17/h2-9,12H,10-11H2,1H3/t12-/m0/s1. The molecule has 0 unspecified atom stereocenters. The second kappa shape index (κ2) is 8.11. The van der Waals surface area contributed by atoms with Crippen LogP contribution in [0.25, 0.3) is 22.6 Å². The Kier molecular flexibility index (Phi) is 5.21. The number of carbonyl (C=O) groups is 1. The van der Waals surface area contributed by atoms with E-state index in [0.29, 0.717) is 23.5 Å². The van der Waals surface area contributed by atoms with Gasteiger partial charge in [0.05, 0.1) is 11.3 Å². The maximum Gasteiger partial charge on any atom is 0.307 e. The summed E-state index contributed by atoms with van der Waals surface area (Å²) in [6, 6.07) is 13.1. The molecule has 0 amide bonds. The van der Waals surface area contributed by atoms with Gasteiger partial charge in [-0.3, -0.25) is 14.9 Å². The van der Waals surface area contributed by atoms with E-state index in [1.807, 2.05) is 24.3 Å². The lowest BCUT2D eigenvalue weighted by Crippen LogP contribution is -2.10. The van der Waals surface area contributed by atoms with Crippen molar-refractivity contribution >= 4 is 22.8 Å². The first kappa shape index (κ1) is 19.2. The Balaban J connectivity index is 1.34. The zero-order chi connectivity index (χ0) is 21.1. The molecule has 152 valence electrons. The third kappa shape index (κ3) is 4.17. The molecule has 0 bridgehead atoms. The predicted molar refractivity (Wildman–Crippen MR) is 103 cm³/mol. The number of carbonyl (C=O) groups excluding carboxylic acids is 1. The minimum atomic E-state index is -0.750. The highest BCUT2D eigenvalue weighted by atomic mass is 16.6. The monoisotopic (exact) mass is 408 g/mol. The molecule has 30 heavy (non-hydrogen) atoms. The van der Waals surface area contributed by atoms with Crippen molar-refractivity contribution in [2.75, 3.05) is 0 Å². The van der Waals surface area contributed by atoms with Crippen molar-refractivity contribution in [3.8, 4) is 11.5 Å². The normalized spacial score (nSPS) is 12.0. The number of ether oxygens (including phenoxy) is 1. The van der Waals surface area contributed by atoms with Crippen LogP contribution < -0.4 is 0 Å². The first-order valence-corrected chi connectivity index (χ1v) is 9.12. The molecule has 2 aromatic heterocycles. The van der Waals surface area contributed by atoms with Crippen LogP contribution in [0.4, 0.5) is 5.69 Å². The van der Waals surface area contributed by atoms with E-state index < -0.39 is 17.0 Å². The second-order valence-corrected chi connectivity index (χ2v) is 6.46. The van der Waals surface area contributed by atoms with E-state index in [1.165, 1.54) is 24.3 Å². The Labute approximate surface area is 169 Å². The molecule has 0 N–H and O–H groups in total. The average molecular weight is 408 g/mol. The summed E-state index contributed by atoms with van der Waals surface area (Å²) in [7, 11) is 0. The van der Waals surface area contributed by atoms with Crippen molar-refractivity contribution in [2.24, 2.45) is 0 Å². The van der Waals surface area contributed by atoms with Crippen LogP contribution in [0.15, 0.2) is 57.4 Å². The summed E-state index contributed by atoms with van der Waals surface area (Å²) in [6.07, 6.45) is -0.362. The number of nitro benzene ring substituents is 1. The van der Waals surface area contributed by atoms with Gasteiger partial charge < -0.3 is 13.6 Å². The number of hydrogen-bond donors (Lipinski definition) is 0. The molecule has 2 aromatic carbocycles. The van der Waals surface area contributed by atoms with E-state index in [-0.39, 0.29) is 23.9 Å². The molecule has 0 saturated carbocycles. The Hall–Kier alpha value is -4.08.